The van der Waals surface area contributed by atoms with Crippen LogP contribution >= 0.6 is 11.6 Å². The molecule has 1 saturated carbocycles. The van der Waals surface area contributed by atoms with Crippen LogP contribution in [0.5, 0.6) is 0 Å². The van der Waals surface area contributed by atoms with Crippen LogP contribution in [0.3, 0.4) is 0 Å². The Kier molecular flexibility index (Phi) is 6.35. The number of anilines is 1. The first-order valence-corrected chi connectivity index (χ1v) is 9.63. The van der Waals surface area contributed by atoms with Crippen LogP contribution in [0.2, 0.25) is 5.02 Å². The summed E-state index contributed by atoms with van der Waals surface area (Å²) in [7, 11) is 0. The second-order valence-corrected chi connectivity index (χ2v) is 7.34. The van der Waals surface area contributed by atoms with Crippen LogP contribution in [0.25, 0.3) is 0 Å². The predicted octanol–water partition coefficient (Wildman–Crippen LogP) is 4.90. The van der Waals surface area contributed by atoms with E-state index in [-0.39, 0.29) is 24.0 Å². The minimum atomic E-state index is -0.305. The molecule has 1 fully saturated rings. The summed E-state index contributed by atoms with van der Waals surface area (Å²) in [4.78, 5) is 24.4. The van der Waals surface area contributed by atoms with Crippen molar-refractivity contribution in [2.75, 3.05) is 5.32 Å². The van der Waals surface area contributed by atoms with Gasteiger partial charge in [0.1, 0.15) is 0 Å². The first-order chi connectivity index (χ1) is 13.0. The first kappa shape index (κ1) is 19.2. The van der Waals surface area contributed by atoms with Gasteiger partial charge in [0.2, 0.25) is 0 Å². The molecule has 2 aromatic carbocycles. The molecule has 0 aliphatic heterocycles. The van der Waals surface area contributed by atoms with Crippen LogP contribution in [-0.4, -0.2) is 18.0 Å². The van der Waals surface area contributed by atoms with Crippen molar-refractivity contribution in [3.05, 3.63) is 64.7 Å². The molecular formula is C21H24ClN3O2. The standard InChI is InChI=1S/C21H24ClN3O2/c1-14(15-6-10-17(22)11-7-15)23-21(27)25-19-12-8-16(9-13-19)20(26)24-18-4-2-3-5-18/h6-14,18H,2-5H2,1H3,(H,24,26)(H2,23,25,27). The number of urea groups is 1. The van der Waals surface area contributed by atoms with Crippen LogP contribution in [0.15, 0.2) is 48.5 Å². The van der Waals surface area contributed by atoms with E-state index in [0.29, 0.717) is 16.3 Å². The summed E-state index contributed by atoms with van der Waals surface area (Å²) in [5, 5.41) is 9.38. The Labute approximate surface area is 164 Å². The number of benzene rings is 2. The summed E-state index contributed by atoms with van der Waals surface area (Å²) in [6, 6.07) is 14.1. The molecule has 3 N–H and O–H groups in total. The number of hydrogen-bond donors (Lipinski definition) is 3. The van der Waals surface area contributed by atoms with Crippen molar-refractivity contribution in [3.8, 4) is 0 Å². The van der Waals surface area contributed by atoms with Crippen molar-refractivity contribution in [3.63, 3.8) is 0 Å². The van der Waals surface area contributed by atoms with Gasteiger partial charge in [-0.1, -0.05) is 36.6 Å². The molecule has 1 aliphatic rings. The van der Waals surface area contributed by atoms with Crippen molar-refractivity contribution in [2.45, 2.75) is 44.7 Å². The highest BCUT2D eigenvalue weighted by Gasteiger charge is 2.18. The molecule has 0 radical (unpaired) electrons. The summed E-state index contributed by atoms with van der Waals surface area (Å²) in [6.45, 7) is 1.90. The van der Waals surface area contributed by atoms with Crippen LogP contribution in [0.4, 0.5) is 10.5 Å². The lowest BCUT2D eigenvalue weighted by Gasteiger charge is -2.15. The Hall–Kier alpha value is -2.53. The van der Waals surface area contributed by atoms with E-state index in [2.05, 4.69) is 16.0 Å². The van der Waals surface area contributed by atoms with Gasteiger partial charge in [-0.3, -0.25) is 4.79 Å². The number of amides is 3. The molecule has 5 nitrogen and oxygen atoms in total. The van der Waals surface area contributed by atoms with Crippen LogP contribution in [0.1, 0.15) is 54.6 Å². The van der Waals surface area contributed by atoms with E-state index in [1.54, 1.807) is 36.4 Å². The van der Waals surface area contributed by atoms with E-state index < -0.39 is 0 Å². The summed E-state index contributed by atoms with van der Waals surface area (Å²) in [5.74, 6) is -0.0609. The van der Waals surface area contributed by atoms with E-state index in [1.807, 2.05) is 19.1 Å². The zero-order chi connectivity index (χ0) is 19.2. The van der Waals surface area contributed by atoms with Gasteiger partial charge < -0.3 is 16.0 Å². The third-order valence-electron chi connectivity index (χ3n) is 4.81. The number of nitrogens with one attached hydrogen (secondary N) is 3. The average Bonchev–Trinajstić information content (AvgIpc) is 3.15. The number of carbonyl (C=O) groups is 2. The molecule has 0 heterocycles. The summed E-state index contributed by atoms with van der Waals surface area (Å²) in [5.41, 5.74) is 2.20. The van der Waals surface area contributed by atoms with Crippen molar-refractivity contribution >= 4 is 29.2 Å². The van der Waals surface area contributed by atoms with E-state index in [9.17, 15) is 9.59 Å². The maximum Gasteiger partial charge on any atom is 0.319 e. The third-order valence-corrected chi connectivity index (χ3v) is 5.06. The third kappa shape index (κ3) is 5.47. The Balaban J connectivity index is 1.51. The highest BCUT2D eigenvalue weighted by atomic mass is 35.5. The Bertz CT molecular complexity index is 784. The molecule has 3 rings (SSSR count). The van der Waals surface area contributed by atoms with E-state index >= 15 is 0 Å². The highest BCUT2D eigenvalue weighted by molar-refractivity contribution is 6.30. The molecule has 0 bridgehead atoms. The quantitative estimate of drug-likeness (QED) is 0.685. The maximum atomic E-state index is 12.2. The molecule has 3 amide bonds. The smallest absolute Gasteiger partial charge is 0.319 e. The van der Waals surface area contributed by atoms with Gasteiger partial charge in [0, 0.05) is 22.3 Å². The minimum Gasteiger partial charge on any atom is -0.349 e. The minimum absolute atomic E-state index is 0.0609. The molecule has 0 saturated heterocycles. The lowest BCUT2D eigenvalue weighted by atomic mass is 10.1. The lowest BCUT2D eigenvalue weighted by Crippen LogP contribution is -2.32. The molecule has 1 unspecified atom stereocenters. The number of carbonyl (C=O) groups excluding carboxylic acids is 2. The number of hydrogen-bond acceptors (Lipinski definition) is 2. The zero-order valence-electron chi connectivity index (χ0n) is 15.3. The van der Waals surface area contributed by atoms with Crippen molar-refractivity contribution in [2.24, 2.45) is 0 Å². The summed E-state index contributed by atoms with van der Waals surface area (Å²) >= 11 is 5.88. The van der Waals surface area contributed by atoms with Gasteiger partial charge in [-0.05, 0) is 61.7 Å². The molecule has 6 heteroatoms. The van der Waals surface area contributed by atoms with Gasteiger partial charge in [0.15, 0.2) is 0 Å². The van der Waals surface area contributed by atoms with Gasteiger partial charge in [-0.25, -0.2) is 4.79 Å². The molecule has 27 heavy (non-hydrogen) atoms. The molecule has 1 aliphatic carbocycles. The summed E-state index contributed by atoms with van der Waals surface area (Å²) < 4.78 is 0. The van der Waals surface area contributed by atoms with Gasteiger partial charge in [-0.15, -0.1) is 0 Å². The van der Waals surface area contributed by atoms with Gasteiger partial charge >= 0.3 is 6.03 Å². The Morgan fingerprint density at radius 2 is 1.63 bits per heavy atom. The SMILES string of the molecule is CC(NC(=O)Nc1ccc(C(=O)NC2CCCC2)cc1)c1ccc(Cl)cc1. The number of rotatable bonds is 5. The predicted molar refractivity (Wildman–Crippen MR) is 108 cm³/mol. The average molecular weight is 386 g/mol. The van der Waals surface area contributed by atoms with Crippen LogP contribution in [-0.2, 0) is 0 Å². The fourth-order valence-electron chi connectivity index (χ4n) is 3.24. The topological polar surface area (TPSA) is 70.2 Å². The normalized spacial score (nSPS) is 15.2. The Morgan fingerprint density at radius 3 is 2.26 bits per heavy atom. The van der Waals surface area contributed by atoms with Crippen LogP contribution in [0, 0.1) is 0 Å². The van der Waals surface area contributed by atoms with Crippen molar-refractivity contribution < 1.29 is 9.59 Å². The molecule has 2 aromatic rings. The van der Waals surface area contributed by atoms with E-state index in [1.165, 1.54) is 12.8 Å². The zero-order valence-corrected chi connectivity index (χ0v) is 16.1. The second kappa shape index (κ2) is 8.91. The van der Waals surface area contributed by atoms with Crippen molar-refractivity contribution in [1.29, 1.82) is 0 Å². The van der Waals surface area contributed by atoms with Crippen LogP contribution < -0.4 is 16.0 Å². The lowest BCUT2D eigenvalue weighted by molar-refractivity contribution is 0.0938. The molecular weight excluding hydrogens is 362 g/mol. The van der Waals surface area contributed by atoms with Gasteiger partial charge in [-0.2, -0.15) is 0 Å². The number of halogens is 1. The van der Waals surface area contributed by atoms with Crippen molar-refractivity contribution in [1.82, 2.24) is 10.6 Å². The largest absolute Gasteiger partial charge is 0.349 e. The fourth-order valence-corrected chi connectivity index (χ4v) is 3.37. The van der Waals surface area contributed by atoms with E-state index in [4.69, 9.17) is 11.6 Å². The molecule has 0 aromatic heterocycles. The maximum absolute atomic E-state index is 12.2. The molecule has 0 spiro atoms. The monoisotopic (exact) mass is 385 g/mol. The fraction of sp³-hybridized carbons (Fsp3) is 0.333. The van der Waals surface area contributed by atoms with E-state index in [0.717, 1.165) is 18.4 Å². The first-order valence-electron chi connectivity index (χ1n) is 9.25. The Morgan fingerprint density at radius 1 is 1.00 bits per heavy atom. The molecule has 1 atom stereocenters. The van der Waals surface area contributed by atoms with Gasteiger partial charge in [0.05, 0.1) is 6.04 Å². The van der Waals surface area contributed by atoms with Gasteiger partial charge in [0.25, 0.3) is 5.91 Å². The molecule has 142 valence electrons. The summed E-state index contributed by atoms with van der Waals surface area (Å²) in [6.07, 6.45) is 4.46. The second-order valence-electron chi connectivity index (χ2n) is 6.90. The highest BCUT2D eigenvalue weighted by Crippen LogP contribution is 2.19.